The maximum absolute atomic E-state index is 13.8. The van der Waals surface area contributed by atoms with Crippen LogP contribution in [0.25, 0.3) is 21.3 Å². The number of likely N-dealkylation sites (N-methyl/N-ethyl adjacent to an activating group) is 1. The predicted octanol–water partition coefficient (Wildman–Crippen LogP) is 7.74. The second-order valence-electron chi connectivity index (χ2n) is 17.9. The number of carbonyl (C=O) groups is 2. The van der Waals surface area contributed by atoms with Gasteiger partial charge in [0.2, 0.25) is 0 Å². The van der Waals surface area contributed by atoms with Crippen molar-refractivity contribution in [1.29, 1.82) is 0 Å². The Morgan fingerprint density at radius 1 is 0.982 bits per heavy atom. The van der Waals surface area contributed by atoms with E-state index in [0.29, 0.717) is 53.9 Å². The fourth-order valence-corrected chi connectivity index (χ4v) is 12.8. The second kappa shape index (κ2) is 13.9. The van der Waals surface area contributed by atoms with Crippen molar-refractivity contribution in [3.63, 3.8) is 0 Å². The zero-order chi connectivity index (χ0) is 39.7. The molecule has 4 bridgehead atoms. The van der Waals surface area contributed by atoms with Gasteiger partial charge < -0.3 is 24.8 Å². The largest absolute Gasteiger partial charge is 0.497 e. The van der Waals surface area contributed by atoms with Gasteiger partial charge in [0.1, 0.15) is 11.6 Å². The first-order chi connectivity index (χ1) is 27.3. The van der Waals surface area contributed by atoms with E-state index in [4.69, 9.17) is 19.6 Å². The van der Waals surface area contributed by atoms with Crippen LogP contribution in [-0.2, 0) is 24.2 Å². The van der Waals surface area contributed by atoms with Crippen molar-refractivity contribution in [2.45, 2.75) is 84.4 Å². The summed E-state index contributed by atoms with van der Waals surface area (Å²) in [5, 5.41) is 22.2. The molecule has 10 rings (SSSR count). The second-order valence-corrected chi connectivity index (χ2v) is 18.9. The Morgan fingerprint density at radius 3 is 2.51 bits per heavy atom. The van der Waals surface area contributed by atoms with Crippen molar-refractivity contribution < 1.29 is 24.2 Å². The van der Waals surface area contributed by atoms with Gasteiger partial charge in [-0.1, -0.05) is 37.3 Å². The molecule has 2 unspecified atom stereocenters. The number of hydrogen-bond donors (Lipinski definition) is 3. The van der Waals surface area contributed by atoms with Gasteiger partial charge >= 0.3 is 5.97 Å². The maximum atomic E-state index is 13.8. The zero-order valence-electron chi connectivity index (χ0n) is 33.4. The number of fused-ring (bicyclic) bond motifs is 2. The van der Waals surface area contributed by atoms with E-state index in [-0.39, 0.29) is 33.4 Å². The molecule has 5 aromatic rings. The SMILES string of the molecule is CNCCOC12CC3(C)CC(C)(CC(Cn4ncc(-c5ccc(N6CCc7cc(OC)cc(C(=O)Nc8nc9ccccc9s8)c7C6)nc5C(=O)O)c4C)(C3)C1)C2. The summed E-state index contributed by atoms with van der Waals surface area (Å²) in [6.07, 6.45) is 9.22. The molecule has 5 aliphatic rings. The number of aromatic carboxylic acids is 1. The van der Waals surface area contributed by atoms with Gasteiger partial charge in [-0.25, -0.2) is 14.8 Å². The molecule has 298 valence electrons. The minimum Gasteiger partial charge on any atom is -0.497 e. The summed E-state index contributed by atoms with van der Waals surface area (Å²) >= 11 is 1.42. The van der Waals surface area contributed by atoms with Crippen molar-refractivity contribution in [2.24, 2.45) is 16.2 Å². The van der Waals surface area contributed by atoms with Crippen molar-refractivity contribution >= 4 is 44.4 Å². The highest BCUT2D eigenvalue weighted by molar-refractivity contribution is 7.22. The molecule has 0 spiro atoms. The molecule has 4 heterocycles. The van der Waals surface area contributed by atoms with Gasteiger partial charge in [-0.15, -0.1) is 0 Å². The van der Waals surface area contributed by atoms with Crippen LogP contribution in [0.15, 0.2) is 54.7 Å². The third kappa shape index (κ3) is 6.87. The molecule has 57 heavy (non-hydrogen) atoms. The molecule has 4 fully saturated rings. The van der Waals surface area contributed by atoms with Gasteiger partial charge in [-0.05, 0) is 123 Å². The van der Waals surface area contributed by atoms with Gasteiger partial charge in [0.25, 0.3) is 5.91 Å². The summed E-state index contributed by atoms with van der Waals surface area (Å²) in [7, 11) is 3.57. The average Bonchev–Trinajstić information content (AvgIpc) is 3.73. The van der Waals surface area contributed by atoms with Crippen molar-refractivity contribution in [3.05, 3.63) is 82.8 Å². The Morgan fingerprint density at radius 2 is 1.77 bits per heavy atom. The fourth-order valence-electron chi connectivity index (χ4n) is 12.0. The molecule has 4 saturated carbocycles. The third-order valence-corrected chi connectivity index (χ3v) is 14.0. The highest BCUT2D eigenvalue weighted by atomic mass is 32.1. The number of hydrogen-bond acceptors (Lipinski definition) is 10. The lowest BCUT2D eigenvalue weighted by atomic mass is 9.39. The first-order valence-electron chi connectivity index (χ1n) is 20.0. The monoisotopic (exact) mass is 789 g/mol. The summed E-state index contributed by atoms with van der Waals surface area (Å²) in [6.45, 7) is 10.3. The van der Waals surface area contributed by atoms with E-state index in [2.05, 4.69) is 34.1 Å². The molecule has 3 N–H and O–H groups in total. The minimum absolute atomic E-state index is 0.0174. The smallest absolute Gasteiger partial charge is 0.355 e. The number of thiazole rings is 1. The van der Waals surface area contributed by atoms with Gasteiger partial charge in [0.05, 0.1) is 35.7 Å². The topological polar surface area (TPSA) is 144 Å². The number of methoxy groups -OCH3 is 1. The van der Waals surface area contributed by atoms with E-state index in [1.165, 1.54) is 17.8 Å². The lowest BCUT2D eigenvalue weighted by Crippen LogP contribution is -2.64. The van der Waals surface area contributed by atoms with E-state index in [9.17, 15) is 14.7 Å². The minimum atomic E-state index is -1.10. The fraction of sp³-hybridized carbons (Fsp3) is 0.477. The molecule has 13 heteroatoms. The normalized spacial score (nSPS) is 26.2. The number of nitrogens with zero attached hydrogens (tertiary/aromatic N) is 5. The molecular weight excluding hydrogens is 739 g/mol. The number of carboxylic acid groups (broad SMARTS) is 1. The summed E-state index contributed by atoms with van der Waals surface area (Å²) in [6, 6.07) is 15.3. The van der Waals surface area contributed by atoms with Gasteiger partial charge in [-0.2, -0.15) is 5.10 Å². The number of pyridine rings is 1. The molecule has 3 aromatic heterocycles. The highest BCUT2D eigenvalue weighted by Crippen LogP contribution is 2.72. The van der Waals surface area contributed by atoms with Crippen LogP contribution in [0.2, 0.25) is 0 Å². The summed E-state index contributed by atoms with van der Waals surface area (Å²) < 4.78 is 15.5. The molecular formula is C44H51N7O5S. The molecule has 0 saturated heterocycles. The number of carboxylic acids is 1. The number of aromatic nitrogens is 4. The van der Waals surface area contributed by atoms with Crippen LogP contribution in [0.5, 0.6) is 5.75 Å². The van der Waals surface area contributed by atoms with Crippen LogP contribution < -0.4 is 20.3 Å². The Balaban J connectivity index is 0.978. The van der Waals surface area contributed by atoms with Gasteiger partial charge in [0, 0.05) is 48.6 Å². The number of ether oxygens (including phenoxy) is 2. The first kappa shape index (κ1) is 37.7. The van der Waals surface area contributed by atoms with E-state index in [1.54, 1.807) is 13.2 Å². The Hall–Kier alpha value is -4.85. The predicted molar refractivity (Wildman–Crippen MR) is 221 cm³/mol. The zero-order valence-corrected chi connectivity index (χ0v) is 34.2. The third-order valence-electron chi connectivity index (χ3n) is 13.0. The number of anilines is 2. The molecule has 1 amide bonds. The molecule has 12 nitrogen and oxygen atoms in total. The number of benzene rings is 2. The molecule has 2 atom stereocenters. The van der Waals surface area contributed by atoms with E-state index in [0.717, 1.165) is 77.8 Å². The lowest BCUT2D eigenvalue weighted by molar-refractivity contribution is -0.247. The van der Waals surface area contributed by atoms with Crippen molar-refractivity contribution in [3.8, 4) is 16.9 Å². The van der Waals surface area contributed by atoms with E-state index >= 15 is 0 Å². The van der Waals surface area contributed by atoms with Gasteiger partial charge in [0.15, 0.2) is 10.8 Å². The van der Waals surface area contributed by atoms with Crippen LogP contribution in [0.4, 0.5) is 10.9 Å². The quantitative estimate of drug-likeness (QED) is 0.107. The van der Waals surface area contributed by atoms with Crippen LogP contribution >= 0.6 is 11.3 Å². The molecule has 2 aromatic carbocycles. The number of para-hydroxylation sites is 1. The maximum Gasteiger partial charge on any atom is 0.355 e. The molecule has 4 aliphatic carbocycles. The average molecular weight is 790 g/mol. The Labute approximate surface area is 337 Å². The number of nitrogens with one attached hydrogen (secondary N) is 2. The van der Waals surface area contributed by atoms with Crippen molar-refractivity contribution in [2.75, 3.05) is 44.1 Å². The molecule has 1 aliphatic heterocycles. The summed E-state index contributed by atoms with van der Waals surface area (Å²) in [5.41, 5.74) is 5.82. The number of amides is 1. The van der Waals surface area contributed by atoms with Crippen LogP contribution in [-0.4, -0.2) is 76.2 Å². The standard InChI is InChI=1S/C44H51N7O5S/c1-27-32(18-46-51(27)26-43-21-41(2)20-42(3,22-43)24-44(23-41,25-43)56-15-13-45-4)30-10-11-36(48-37(30)39(53)54)50-14-12-28-16-29(55-5)17-31(33(28)19-50)38(52)49-40-47-34-8-6-7-9-35(34)57-40/h6-11,16-18,45H,12-15,19-26H2,1-5H3,(H,53,54)(H,47,49,52). The van der Waals surface area contributed by atoms with Crippen LogP contribution in [0, 0.1) is 23.2 Å². The lowest BCUT2D eigenvalue weighted by Gasteiger charge is -2.69. The van der Waals surface area contributed by atoms with E-state index in [1.807, 2.05) is 67.5 Å². The van der Waals surface area contributed by atoms with Crippen LogP contribution in [0.3, 0.4) is 0 Å². The summed E-state index contributed by atoms with van der Waals surface area (Å²) in [4.78, 5) is 38.2. The first-order valence-corrected chi connectivity index (χ1v) is 20.8. The number of rotatable bonds is 12. The number of carbonyl (C=O) groups excluding carboxylic acids is 1. The highest BCUT2D eigenvalue weighted by Gasteiger charge is 2.66. The van der Waals surface area contributed by atoms with E-state index < -0.39 is 5.97 Å². The van der Waals surface area contributed by atoms with Crippen LogP contribution in [0.1, 0.15) is 90.0 Å². The Bertz CT molecular complexity index is 2350. The van der Waals surface area contributed by atoms with Gasteiger partial charge in [-0.3, -0.25) is 14.8 Å². The molecule has 0 radical (unpaired) electrons. The summed E-state index contributed by atoms with van der Waals surface area (Å²) in [5.74, 6) is -0.230. The van der Waals surface area contributed by atoms with Crippen molar-refractivity contribution in [1.82, 2.24) is 25.1 Å². The Kier molecular flexibility index (Phi) is 9.21.